The molecular weight excluding hydrogens is 256 g/mol. The second kappa shape index (κ2) is 7.42. The normalized spacial score (nSPS) is 30.0. The average molecular weight is 288 g/mol. The van der Waals surface area contributed by atoms with Crippen molar-refractivity contribution in [1.29, 1.82) is 0 Å². The Balaban J connectivity index is 2.05. The molecule has 2 nitrogen and oxygen atoms in total. The van der Waals surface area contributed by atoms with E-state index in [4.69, 9.17) is 5.73 Å². The van der Waals surface area contributed by atoms with Crippen molar-refractivity contribution in [1.82, 2.24) is 4.90 Å². The summed E-state index contributed by atoms with van der Waals surface area (Å²) in [4.78, 5) is 2.68. The van der Waals surface area contributed by atoms with Gasteiger partial charge in [-0.3, -0.25) is 4.90 Å². The molecule has 2 heteroatoms. The van der Waals surface area contributed by atoms with Gasteiger partial charge in [0, 0.05) is 25.2 Å². The van der Waals surface area contributed by atoms with E-state index in [1.807, 2.05) is 0 Å². The summed E-state index contributed by atoms with van der Waals surface area (Å²) in [6.45, 7) is 11.5. The first-order valence-electron chi connectivity index (χ1n) is 8.53. The van der Waals surface area contributed by atoms with Crippen LogP contribution >= 0.6 is 0 Å². The highest BCUT2D eigenvalue weighted by atomic mass is 15.2. The molecule has 5 unspecified atom stereocenters. The summed E-state index contributed by atoms with van der Waals surface area (Å²) in [5, 5.41) is 0. The molecule has 1 aliphatic rings. The predicted octanol–water partition coefficient (Wildman–Crippen LogP) is 3.87. The number of hydrogen-bond donors (Lipinski definition) is 1. The SMILES string of the molecule is CC1CC(C)C(C)N(C(CN)CC(C)c2ccccc2)C1. The van der Waals surface area contributed by atoms with Gasteiger partial charge in [0.05, 0.1) is 0 Å². The van der Waals surface area contributed by atoms with E-state index in [2.05, 4.69) is 62.9 Å². The summed E-state index contributed by atoms with van der Waals surface area (Å²) < 4.78 is 0. The number of nitrogens with zero attached hydrogens (tertiary/aromatic N) is 1. The fraction of sp³-hybridized carbons (Fsp3) is 0.684. The smallest absolute Gasteiger partial charge is 0.0227 e. The zero-order valence-corrected chi connectivity index (χ0v) is 14.1. The molecule has 2 N–H and O–H groups in total. The Morgan fingerprint density at radius 1 is 1.19 bits per heavy atom. The van der Waals surface area contributed by atoms with Crippen LogP contribution in [0.25, 0.3) is 0 Å². The molecule has 21 heavy (non-hydrogen) atoms. The number of nitrogens with two attached hydrogens (primary N) is 1. The third-order valence-electron chi connectivity index (χ3n) is 5.38. The maximum absolute atomic E-state index is 6.14. The highest BCUT2D eigenvalue weighted by Gasteiger charge is 2.33. The van der Waals surface area contributed by atoms with Gasteiger partial charge in [0.2, 0.25) is 0 Å². The van der Waals surface area contributed by atoms with E-state index in [0.717, 1.165) is 24.8 Å². The van der Waals surface area contributed by atoms with Crippen molar-refractivity contribution in [3.63, 3.8) is 0 Å². The zero-order valence-electron chi connectivity index (χ0n) is 14.1. The highest BCUT2D eigenvalue weighted by Crippen LogP contribution is 2.31. The molecule has 2 rings (SSSR count). The maximum atomic E-state index is 6.14. The second-order valence-corrected chi connectivity index (χ2v) is 7.19. The van der Waals surface area contributed by atoms with E-state index >= 15 is 0 Å². The molecule has 1 aromatic rings. The minimum Gasteiger partial charge on any atom is -0.329 e. The van der Waals surface area contributed by atoms with E-state index in [0.29, 0.717) is 18.0 Å². The molecule has 0 radical (unpaired) electrons. The molecule has 0 bridgehead atoms. The Kier molecular flexibility index (Phi) is 5.83. The lowest BCUT2D eigenvalue weighted by atomic mass is 9.83. The van der Waals surface area contributed by atoms with E-state index in [9.17, 15) is 0 Å². The molecule has 1 fully saturated rings. The number of likely N-dealkylation sites (tertiary alicyclic amines) is 1. The zero-order chi connectivity index (χ0) is 15.4. The Morgan fingerprint density at radius 2 is 1.86 bits per heavy atom. The molecule has 0 amide bonds. The van der Waals surface area contributed by atoms with Gasteiger partial charge in [-0.25, -0.2) is 0 Å². The van der Waals surface area contributed by atoms with Gasteiger partial charge in [-0.1, -0.05) is 51.1 Å². The predicted molar refractivity (Wildman–Crippen MR) is 91.4 cm³/mol. The first kappa shape index (κ1) is 16.5. The highest BCUT2D eigenvalue weighted by molar-refractivity contribution is 5.19. The van der Waals surface area contributed by atoms with Crippen molar-refractivity contribution in [3.05, 3.63) is 35.9 Å². The summed E-state index contributed by atoms with van der Waals surface area (Å²) in [6.07, 6.45) is 2.51. The summed E-state index contributed by atoms with van der Waals surface area (Å²) in [7, 11) is 0. The third-order valence-corrected chi connectivity index (χ3v) is 5.38. The second-order valence-electron chi connectivity index (χ2n) is 7.19. The number of hydrogen-bond acceptors (Lipinski definition) is 2. The van der Waals surface area contributed by atoms with Crippen molar-refractivity contribution in [2.24, 2.45) is 17.6 Å². The topological polar surface area (TPSA) is 29.3 Å². The number of piperidine rings is 1. The standard InChI is InChI=1S/C19H32N2/c1-14-10-15(2)17(4)21(13-14)19(12-20)11-16(3)18-8-6-5-7-9-18/h5-9,14-17,19H,10-13,20H2,1-4H3. The van der Waals surface area contributed by atoms with E-state index in [-0.39, 0.29) is 0 Å². The van der Waals surface area contributed by atoms with Crippen molar-refractivity contribution in [2.75, 3.05) is 13.1 Å². The molecule has 0 aromatic heterocycles. The van der Waals surface area contributed by atoms with Gasteiger partial charge in [-0.2, -0.15) is 0 Å². The average Bonchev–Trinajstić information content (AvgIpc) is 2.49. The van der Waals surface area contributed by atoms with Gasteiger partial charge in [0.1, 0.15) is 0 Å². The van der Waals surface area contributed by atoms with E-state index in [1.165, 1.54) is 18.5 Å². The summed E-state index contributed by atoms with van der Waals surface area (Å²) >= 11 is 0. The van der Waals surface area contributed by atoms with Crippen LogP contribution in [0.2, 0.25) is 0 Å². The van der Waals surface area contributed by atoms with Gasteiger partial charge in [0.25, 0.3) is 0 Å². The van der Waals surface area contributed by atoms with Crippen molar-refractivity contribution in [2.45, 2.75) is 58.5 Å². The minimum atomic E-state index is 0.500. The number of rotatable bonds is 5. The van der Waals surface area contributed by atoms with Crippen LogP contribution in [0.5, 0.6) is 0 Å². The molecule has 1 aliphatic heterocycles. The van der Waals surface area contributed by atoms with Crippen LogP contribution in [-0.4, -0.2) is 30.1 Å². The van der Waals surface area contributed by atoms with Gasteiger partial charge in [0.15, 0.2) is 0 Å². The molecular formula is C19H32N2. The Labute approximate surface area is 130 Å². The first-order valence-corrected chi connectivity index (χ1v) is 8.53. The lowest BCUT2D eigenvalue weighted by Crippen LogP contribution is -2.53. The third kappa shape index (κ3) is 4.08. The molecule has 5 atom stereocenters. The molecule has 118 valence electrons. The van der Waals surface area contributed by atoms with Crippen LogP contribution in [0, 0.1) is 11.8 Å². The quantitative estimate of drug-likeness (QED) is 0.891. The summed E-state index contributed by atoms with van der Waals surface area (Å²) in [5.74, 6) is 2.13. The van der Waals surface area contributed by atoms with Crippen molar-refractivity contribution < 1.29 is 0 Å². The van der Waals surface area contributed by atoms with Crippen LogP contribution in [0.15, 0.2) is 30.3 Å². The minimum absolute atomic E-state index is 0.500. The monoisotopic (exact) mass is 288 g/mol. The summed E-state index contributed by atoms with van der Waals surface area (Å²) in [5.41, 5.74) is 7.57. The Hall–Kier alpha value is -0.860. The van der Waals surface area contributed by atoms with E-state index < -0.39 is 0 Å². The fourth-order valence-electron chi connectivity index (χ4n) is 3.93. The van der Waals surface area contributed by atoms with Crippen LogP contribution in [-0.2, 0) is 0 Å². The molecule has 0 aliphatic carbocycles. The Morgan fingerprint density at radius 3 is 2.48 bits per heavy atom. The van der Waals surface area contributed by atoms with Gasteiger partial charge >= 0.3 is 0 Å². The first-order chi connectivity index (χ1) is 10.0. The fourth-order valence-corrected chi connectivity index (χ4v) is 3.93. The van der Waals surface area contributed by atoms with Crippen LogP contribution in [0.3, 0.4) is 0 Å². The van der Waals surface area contributed by atoms with Crippen LogP contribution in [0.1, 0.15) is 52.0 Å². The van der Waals surface area contributed by atoms with Gasteiger partial charge in [-0.05, 0) is 43.1 Å². The molecule has 0 saturated carbocycles. The lowest BCUT2D eigenvalue weighted by Gasteiger charge is -2.45. The van der Waals surface area contributed by atoms with Gasteiger partial charge < -0.3 is 5.73 Å². The Bertz CT molecular complexity index is 417. The molecule has 1 heterocycles. The molecule has 0 spiro atoms. The molecule has 1 aromatic carbocycles. The van der Waals surface area contributed by atoms with Crippen molar-refractivity contribution in [3.8, 4) is 0 Å². The van der Waals surface area contributed by atoms with E-state index in [1.54, 1.807) is 0 Å². The maximum Gasteiger partial charge on any atom is 0.0227 e. The largest absolute Gasteiger partial charge is 0.329 e. The van der Waals surface area contributed by atoms with Gasteiger partial charge in [-0.15, -0.1) is 0 Å². The number of benzene rings is 1. The summed E-state index contributed by atoms with van der Waals surface area (Å²) in [6, 6.07) is 12.0. The van der Waals surface area contributed by atoms with Crippen LogP contribution in [0.4, 0.5) is 0 Å². The molecule has 1 saturated heterocycles. The van der Waals surface area contributed by atoms with Crippen molar-refractivity contribution >= 4 is 0 Å². The lowest BCUT2D eigenvalue weighted by molar-refractivity contribution is 0.0378. The van der Waals surface area contributed by atoms with Crippen LogP contribution < -0.4 is 5.73 Å².